The fourth-order valence-electron chi connectivity index (χ4n) is 3.18. The van der Waals surface area contributed by atoms with E-state index < -0.39 is 15.9 Å². The third-order valence-corrected chi connectivity index (χ3v) is 7.21. The number of halogens is 2. The maximum absolute atomic E-state index is 13.1. The molecule has 0 aliphatic carbocycles. The minimum Gasteiger partial charge on any atom is -0.495 e. The molecule has 1 atom stereocenters. The third-order valence-electron chi connectivity index (χ3n) is 4.59. The molecule has 1 N–H and O–H groups in total. The number of hydrogen-bond donors (Lipinski definition) is 1. The molecule has 150 valence electrons. The molecule has 0 spiro atoms. The molecule has 0 bridgehead atoms. The molecule has 3 rings (SSSR count). The van der Waals surface area contributed by atoms with Gasteiger partial charge >= 0.3 is 0 Å². The second kappa shape index (κ2) is 8.82. The molecule has 1 amide bonds. The number of nitrogens with zero attached hydrogens (tertiary/aromatic N) is 1. The Hall–Kier alpha value is -1.61. The standard InChI is InChI=1S/C19H20BrClN2O4S/c1-27-17-8-7-15(21)11-18(17)28(25,26)23-9-3-4-13(12-23)19(24)22-16-6-2-5-14(20)10-16/h2,5-8,10-11,13H,3-4,9,12H2,1H3,(H,22,24)/t13-/m1/s1. The summed E-state index contributed by atoms with van der Waals surface area (Å²) in [6, 6.07) is 11.7. The van der Waals surface area contributed by atoms with Gasteiger partial charge in [0.05, 0.1) is 13.0 Å². The Morgan fingerprint density at radius 2 is 2.07 bits per heavy atom. The predicted octanol–water partition coefficient (Wildman–Crippen LogP) is 4.15. The predicted molar refractivity (Wildman–Crippen MR) is 112 cm³/mol. The summed E-state index contributed by atoms with van der Waals surface area (Å²) in [7, 11) is -2.43. The number of carbonyl (C=O) groups excluding carboxylic acids is 1. The molecule has 0 aromatic heterocycles. The zero-order valence-corrected chi connectivity index (χ0v) is 18.4. The second-order valence-electron chi connectivity index (χ2n) is 6.50. The van der Waals surface area contributed by atoms with Gasteiger partial charge in [-0.15, -0.1) is 0 Å². The maximum atomic E-state index is 13.1. The van der Waals surface area contributed by atoms with Crippen LogP contribution in [0, 0.1) is 5.92 Å². The highest BCUT2D eigenvalue weighted by Gasteiger charge is 2.35. The number of hydrogen-bond acceptors (Lipinski definition) is 4. The van der Waals surface area contributed by atoms with Gasteiger partial charge in [-0.05, 0) is 49.2 Å². The summed E-state index contributed by atoms with van der Waals surface area (Å²) in [6.45, 7) is 0.455. The van der Waals surface area contributed by atoms with Crippen LogP contribution in [0.1, 0.15) is 12.8 Å². The average molecular weight is 488 g/mol. The Bertz CT molecular complexity index is 984. The molecule has 28 heavy (non-hydrogen) atoms. The second-order valence-corrected chi connectivity index (χ2v) is 9.76. The molecule has 1 heterocycles. The molecular weight excluding hydrogens is 468 g/mol. The van der Waals surface area contributed by atoms with E-state index in [0.717, 1.165) is 4.47 Å². The van der Waals surface area contributed by atoms with Crippen LogP contribution in [0.25, 0.3) is 0 Å². The van der Waals surface area contributed by atoms with Gasteiger partial charge in [0.15, 0.2) is 0 Å². The molecule has 1 fully saturated rings. The summed E-state index contributed by atoms with van der Waals surface area (Å²) >= 11 is 9.36. The zero-order chi connectivity index (χ0) is 20.3. The summed E-state index contributed by atoms with van der Waals surface area (Å²) in [5, 5.41) is 3.17. The molecule has 0 radical (unpaired) electrons. The van der Waals surface area contributed by atoms with Crippen molar-refractivity contribution in [1.82, 2.24) is 4.31 Å². The fourth-order valence-corrected chi connectivity index (χ4v) is 5.52. The first-order valence-electron chi connectivity index (χ1n) is 8.71. The molecule has 0 saturated carbocycles. The molecule has 1 saturated heterocycles. The Kier molecular flexibility index (Phi) is 6.65. The van der Waals surface area contributed by atoms with Crippen LogP contribution in [-0.2, 0) is 14.8 Å². The first-order chi connectivity index (χ1) is 13.3. The molecule has 2 aromatic carbocycles. The van der Waals surface area contributed by atoms with Gasteiger partial charge < -0.3 is 10.1 Å². The largest absolute Gasteiger partial charge is 0.495 e. The van der Waals surface area contributed by atoms with Crippen LogP contribution in [0.5, 0.6) is 5.75 Å². The summed E-state index contributed by atoms with van der Waals surface area (Å²) in [5.41, 5.74) is 0.663. The minimum atomic E-state index is -3.84. The first kappa shape index (κ1) is 21.1. The van der Waals surface area contributed by atoms with E-state index in [4.69, 9.17) is 16.3 Å². The number of amides is 1. The van der Waals surface area contributed by atoms with Crippen LogP contribution in [0.4, 0.5) is 5.69 Å². The van der Waals surface area contributed by atoms with Gasteiger partial charge in [-0.1, -0.05) is 33.6 Å². The molecular formula is C19H20BrClN2O4S. The highest BCUT2D eigenvalue weighted by molar-refractivity contribution is 9.10. The lowest BCUT2D eigenvalue weighted by molar-refractivity contribution is -0.120. The molecule has 0 unspecified atom stereocenters. The molecule has 2 aromatic rings. The fraction of sp³-hybridized carbons (Fsp3) is 0.316. The number of ether oxygens (including phenoxy) is 1. The highest BCUT2D eigenvalue weighted by Crippen LogP contribution is 2.32. The monoisotopic (exact) mass is 486 g/mol. The Morgan fingerprint density at radius 3 is 2.79 bits per heavy atom. The molecule has 1 aliphatic heterocycles. The van der Waals surface area contributed by atoms with E-state index in [1.54, 1.807) is 18.2 Å². The van der Waals surface area contributed by atoms with E-state index in [0.29, 0.717) is 30.1 Å². The molecule has 9 heteroatoms. The number of anilines is 1. The van der Waals surface area contributed by atoms with Gasteiger partial charge in [0.2, 0.25) is 15.9 Å². The highest BCUT2D eigenvalue weighted by atomic mass is 79.9. The number of carbonyl (C=O) groups is 1. The molecule has 1 aliphatic rings. The Morgan fingerprint density at radius 1 is 1.29 bits per heavy atom. The van der Waals surface area contributed by atoms with Crippen molar-refractivity contribution in [1.29, 1.82) is 0 Å². The molecule has 6 nitrogen and oxygen atoms in total. The van der Waals surface area contributed by atoms with E-state index in [1.165, 1.54) is 23.5 Å². The van der Waals surface area contributed by atoms with E-state index >= 15 is 0 Å². The quantitative estimate of drug-likeness (QED) is 0.687. The lowest BCUT2D eigenvalue weighted by Crippen LogP contribution is -2.43. The van der Waals surface area contributed by atoms with Crippen LogP contribution in [0.2, 0.25) is 5.02 Å². The number of sulfonamides is 1. The maximum Gasteiger partial charge on any atom is 0.246 e. The van der Waals surface area contributed by atoms with Crippen LogP contribution >= 0.6 is 27.5 Å². The van der Waals surface area contributed by atoms with Crippen LogP contribution in [-0.4, -0.2) is 38.8 Å². The van der Waals surface area contributed by atoms with Gasteiger partial charge in [0.25, 0.3) is 0 Å². The van der Waals surface area contributed by atoms with E-state index in [9.17, 15) is 13.2 Å². The zero-order valence-electron chi connectivity index (χ0n) is 15.2. The number of piperidine rings is 1. The van der Waals surface area contributed by atoms with Crippen LogP contribution in [0.3, 0.4) is 0 Å². The number of benzene rings is 2. The SMILES string of the molecule is COc1ccc(Cl)cc1S(=O)(=O)N1CCC[C@@H](C(=O)Nc2cccc(Br)c2)C1. The smallest absolute Gasteiger partial charge is 0.246 e. The summed E-state index contributed by atoms with van der Waals surface area (Å²) < 4.78 is 33.7. The number of rotatable bonds is 5. The third kappa shape index (κ3) is 4.68. The van der Waals surface area contributed by atoms with Crippen LogP contribution < -0.4 is 10.1 Å². The Labute approximate surface area is 178 Å². The van der Waals surface area contributed by atoms with Crippen molar-refractivity contribution < 1.29 is 17.9 Å². The van der Waals surface area contributed by atoms with Crippen molar-refractivity contribution in [3.63, 3.8) is 0 Å². The van der Waals surface area contributed by atoms with Crippen molar-refractivity contribution in [2.45, 2.75) is 17.7 Å². The van der Waals surface area contributed by atoms with Crippen molar-refractivity contribution in [3.05, 3.63) is 52.0 Å². The van der Waals surface area contributed by atoms with Gasteiger partial charge in [0, 0.05) is 28.3 Å². The van der Waals surface area contributed by atoms with Crippen molar-refractivity contribution >= 4 is 49.1 Å². The Balaban J connectivity index is 1.79. The topological polar surface area (TPSA) is 75.7 Å². The van der Waals surface area contributed by atoms with Gasteiger partial charge in [0.1, 0.15) is 10.6 Å². The van der Waals surface area contributed by atoms with E-state index in [1.807, 2.05) is 12.1 Å². The summed E-state index contributed by atoms with van der Waals surface area (Å²) in [5.74, 6) is -0.408. The average Bonchev–Trinajstić information content (AvgIpc) is 2.68. The van der Waals surface area contributed by atoms with Crippen molar-refractivity contribution in [2.24, 2.45) is 5.92 Å². The van der Waals surface area contributed by atoms with Crippen molar-refractivity contribution in [2.75, 3.05) is 25.5 Å². The number of nitrogens with one attached hydrogen (secondary N) is 1. The van der Waals surface area contributed by atoms with Gasteiger partial charge in [-0.2, -0.15) is 4.31 Å². The number of methoxy groups -OCH3 is 1. The summed E-state index contributed by atoms with van der Waals surface area (Å²) in [6.07, 6.45) is 1.22. The van der Waals surface area contributed by atoms with E-state index in [2.05, 4.69) is 21.2 Å². The van der Waals surface area contributed by atoms with Gasteiger partial charge in [-0.3, -0.25) is 4.79 Å². The first-order valence-corrected chi connectivity index (χ1v) is 11.3. The summed E-state index contributed by atoms with van der Waals surface area (Å²) in [4.78, 5) is 12.7. The van der Waals surface area contributed by atoms with Crippen LogP contribution in [0.15, 0.2) is 51.8 Å². The van der Waals surface area contributed by atoms with Crippen molar-refractivity contribution in [3.8, 4) is 5.75 Å². The lowest BCUT2D eigenvalue weighted by Gasteiger charge is -2.31. The minimum absolute atomic E-state index is 0.00977. The van der Waals surface area contributed by atoms with E-state index in [-0.39, 0.29) is 23.1 Å². The lowest BCUT2D eigenvalue weighted by atomic mass is 9.99. The van der Waals surface area contributed by atoms with Gasteiger partial charge in [-0.25, -0.2) is 8.42 Å². The normalized spacial score (nSPS) is 17.9.